The van der Waals surface area contributed by atoms with Gasteiger partial charge in [-0.1, -0.05) is 29.8 Å². The van der Waals surface area contributed by atoms with E-state index in [2.05, 4.69) is 5.32 Å². The van der Waals surface area contributed by atoms with E-state index in [1.54, 1.807) is 13.2 Å². The molecule has 0 aliphatic heterocycles. The summed E-state index contributed by atoms with van der Waals surface area (Å²) in [6.45, 7) is 1.88. The van der Waals surface area contributed by atoms with Crippen LogP contribution in [0.15, 0.2) is 42.5 Å². The van der Waals surface area contributed by atoms with Gasteiger partial charge in [0.1, 0.15) is 5.75 Å². The molecule has 0 heterocycles. The maximum Gasteiger partial charge on any atom is 0.228 e. The summed E-state index contributed by atoms with van der Waals surface area (Å²) in [7, 11) is 1.61. The van der Waals surface area contributed by atoms with Crippen molar-refractivity contribution in [1.29, 1.82) is 0 Å². The van der Waals surface area contributed by atoms with E-state index in [4.69, 9.17) is 16.3 Å². The molecule has 0 unspecified atom stereocenters. The SMILES string of the molecule is COc1ccc(CC(=O)Nc2cccc(Cl)c2C)cc1. The lowest BCUT2D eigenvalue weighted by Crippen LogP contribution is -2.15. The Hall–Kier alpha value is -2.00. The molecule has 0 bridgehead atoms. The third-order valence-corrected chi connectivity index (χ3v) is 3.47. The molecule has 2 aromatic carbocycles. The number of carbonyl (C=O) groups is 1. The van der Waals surface area contributed by atoms with Crippen LogP contribution in [0.5, 0.6) is 5.75 Å². The number of benzene rings is 2. The van der Waals surface area contributed by atoms with Gasteiger partial charge in [-0.15, -0.1) is 0 Å². The van der Waals surface area contributed by atoms with E-state index < -0.39 is 0 Å². The summed E-state index contributed by atoms with van der Waals surface area (Å²) in [6, 6.07) is 12.9. The number of nitrogens with one attached hydrogen (secondary N) is 1. The van der Waals surface area contributed by atoms with Crippen LogP contribution in [0.25, 0.3) is 0 Å². The second kappa shape index (κ2) is 6.44. The number of ether oxygens (including phenoxy) is 1. The average Bonchev–Trinajstić information content (AvgIpc) is 2.45. The number of methoxy groups -OCH3 is 1. The van der Waals surface area contributed by atoms with Gasteiger partial charge >= 0.3 is 0 Å². The second-order valence-corrected chi connectivity index (χ2v) is 4.89. The highest BCUT2D eigenvalue weighted by atomic mass is 35.5. The number of amides is 1. The predicted octanol–water partition coefficient (Wildman–Crippen LogP) is 3.84. The van der Waals surface area contributed by atoms with Crippen LogP contribution in [0.3, 0.4) is 0 Å². The van der Waals surface area contributed by atoms with Crippen molar-refractivity contribution in [2.45, 2.75) is 13.3 Å². The lowest BCUT2D eigenvalue weighted by Gasteiger charge is -2.09. The quantitative estimate of drug-likeness (QED) is 0.929. The zero-order chi connectivity index (χ0) is 14.5. The van der Waals surface area contributed by atoms with Gasteiger partial charge in [0.15, 0.2) is 0 Å². The maximum atomic E-state index is 12.0. The highest BCUT2D eigenvalue weighted by Gasteiger charge is 2.07. The van der Waals surface area contributed by atoms with Crippen LogP contribution in [0.2, 0.25) is 5.02 Å². The van der Waals surface area contributed by atoms with Crippen LogP contribution in [0.1, 0.15) is 11.1 Å². The van der Waals surface area contributed by atoms with Gasteiger partial charge in [0, 0.05) is 10.7 Å². The van der Waals surface area contributed by atoms with E-state index in [-0.39, 0.29) is 5.91 Å². The van der Waals surface area contributed by atoms with Crippen LogP contribution in [0, 0.1) is 6.92 Å². The Morgan fingerprint density at radius 3 is 2.55 bits per heavy atom. The molecular formula is C16H16ClNO2. The number of anilines is 1. The van der Waals surface area contributed by atoms with E-state index in [0.717, 1.165) is 22.6 Å². The van der Waals surface area contributed by atoms with E-state index in [9.17, 15) is 4.79 Å². The molecule has 3 nitrogen and oxygen atoms in total. The summed E-state index contributed by atoms with van der Waals surface area (Å²) in [5, 5.41) is 3.52. The Morgan fingerprint density at radius 1 is 1.20 bits per heavy atom. The molecule has 0 aliphatic carbocycles. The third-order valence-electron chi connectivity index (χ3n) is 3.07. The van der Waals surface area contributed by atoms with Crippen LogP contribution >= 0.6 is 11.6 Å². The topological polar surface area (TPSA) is 38.3 Å². The van der Waals surface area contributed by atoms with Crippen molar-refractivity contribution in [2.24, 2.45) is 0 Å². The highest BCUT2D eigenvalue weighted by molar-refractivity contribution is 6.31. The molecule has 0 aromatic heterocycles. The van der Waals surface area contributed by atoms with Crippen molar-refractivity contribution in [3.05, 3.63) is 58.6 Å². The minimum Gasteiger partial charge on any atom is -0.497 e. The van der Waals surface area contributed by atoms with Crippen LogP contribution in [-0.2, 0) is 11.2 Å². The Kier molecular flexibility index (Phi) is 4.64. The number of halogens is 1. The van der Waals surface area contributed by atoms with E-state index >= 15 is 0 Å². The molecule has 0 atom stereocenters. The fraction of sp³-hybridized carbons (Fsp3) is 0.188. The summed E-state index contributed by atoms with van der Waals surface area (Å²) in [5.41, 5.74) is 2.55. The fourth-order valence-electron chi connectivity index (χ4n) is 1.87. The summed E-state index contributed by atoms with van der Waals surface area (Å²) in [6.07, 6.45) is 0.315. The first kappa shape index (κ1) is 14.4. The van der Waals surface area contributed by atoms with Crippen LogP contribution < -0.4 is 10.1 Å². The van der Waals surface area contributed by atoms with Gasteiger partial charge in [0.2, 0.25) is 5.91 Å². The van der Waals surface area contributed by atoms with Crippen LogP contribution in [-0.4, -0.2) is 13.0 Å². The number of hydrogen-bond donors (Lipinski definition) is 1. The molecule has 0 saturated heterocycles. The molecule has 2 aromatic rings. The first-order chi connectivity index (χ1) is 9.60. The van der Waals surface area contributed by atoms with Crippen molar-refractivity contribution in [2.75, 3.05) is 12.4 Å². The van der Waals surface area contributed by atoms with E-state index in [0.29, 0.717) is 11.4 Å². The van der Waals surface area contributed by atoms with E-state index in [1.807, 2.05) is 43.3 Å². The van der Waals surface area contributed by atoms with Gasteiger partial charge in [0.25, 0.3) is 0 Å². The van der Waals surface area contributed by atoms with Crippen molar-refractivity contribution in [3.8, 4) is 5.75 Å². The van der Waals surface area contributed by atoms with Crippen molar-refractivity contribution in [1.82, 2.24) is 0 Å². The van der Waals surface area contributed by atoms with Crippen molar-refractivity contribution >= 4 is 23.2 Å². The lowest BCUT2D eigenvalue weighted by atomic mass is 10.1. The molecule has 104 valence electrons. The average molecular weight is 290 g/mol. The zero-order valence-electron chi connectivity index (χ0n) is 11.4. The Balaban J connectivity index is 2.03. The Labute approximate surface area is 123 Å². The monoisotopic (exact) mass is 289 g/mol. The third kappa shape index (κ3) is 3.52. The predicted molar refractivity (Wildman–Crippen MR) is 81.5 cm³/mol. The second-order valence-electron chi connectivity index (χ2n) is 4.49. The van der Waals surface area contributed by atoms with Gasteiger partial charge < -0.3 is 10.1 Å². The van der Waals surface area contributed by atoms with Gasteiger partial charge in [0.05, 0.1) is 13.5 Å². The van der Waals surface area contributed by atoms with Gasteiger partial charge in [-0.2, -0.15) is 0 Å². The van der Waals surface area contributed by atoms with Crippen molar-refractivity contribution in [3.63, 3.8) is 0 Å². The molecule has 20 heavy (non-hydrogen) atoms. The molecule has 0 fully saturated rings. The fourth-order valence-corrected chi connectivity index (χ4v) is 2.04. The molecule has 0 spiro atoms. The number of carbonyl (C=O) groups excluding carboxylic acids is 1. The van der Waals surface area contributed by atoms with E-state index in [1.165, 1.54) is 0 Å². The molecule has 2 rings (SSSR count). The van der Waals surface area contributed by atoms with Gasteiger partial charge in [-0.05, 0) is 42.3 Å². The standard InChI is InChI=1S/C16H16ClNO2/c1-11-14(17)4-3-5-15(11)18-16(19)10-12-6-8-13(20-2)9-7-12/h3-9H,10H2,1-2H3,(H,18,19). The molecule has 0 saturated carbocycles. The number of hydrogen-bond acceptors (Lipinski definition) is 2. The summed E-state index contributed by atoms with van der Waals surface area (Å²) >= 11 is 6.03. The zero-order valence-corrected chi connectivity index (χ0v) is 12.2. The van der Waals surface area contributed by atoms with Gasteiger partial charge in [-0.25, -0.2) is 0 Å². The molecule has 0 radical (unpaired) electrons. The summed E-state index contributed by atoms with van der Waals surface area (Å²) in [5.74, 6) is 0.709. The van der Waals surface area contributed by atoms with Gasteiger partial charge in [-0.3, -0.25) is 4.79 Å². The largest absolute Gasteiger partial charge is 0.497 e. The summed E-state index contributed by atoms with van der Waals surface area (Å²) < 4.78 is 5.08. The highest BCUT2D eigenvalue weighted by Crippen LogP contribution is 2.23. The Morgan fingerprint density at radius 2 is 1.90 bits per heavy atom. The first-order valence-corrected chi connectivity index (χ1v) is 6.66. The number of rotatable bonds is 4. The lowest BCUT2D eigenvalue weighted by molar-refractivity contribution is -0.115. The van der Waals surface area contributed by atoms with Crippen LogP contribution in [0.4, 0.5) is 5.69 Å². The van der Waals surface area contributed by atoms with Crippen molar-refractivity contribution < 1.29 is 9.53 Å². The Bertz CT molecular complexity index is 608. The summed E-state index contributed by atoms with van der Waals surface area (Å²) in [4.78, 5) is 12.0. The molecule has 0 aliphatic rings. The maximum absolute atomic E-state index is 12.0. The minimum absolute atomic E-state index is 0.0690. The molecule has 1 amide bonds. The molecule has 4 heteroatoms. The molecule has 1 N–H and O–H groups in total. The first-order valence-electron chi connectivity index (χ1n) is 6.28. The smallest absolute Gasteiger partial charge is 0.228 e. The molecular weight excluding hydrogens is 274 g/mol. The minimum atomic E-state index is -0.0690. The normalized spacial score (nSPS) is 10.2.